The molecule has 3 heteroatoms. The summed E-state index contributed by atoms with van der Waals surface area (Å²) in [5.41, 5.74) is 8.60. The van der Waals surface area contributed by atoms with Gasteiger partial charge < -0.3 is 15.2 Å². The zero-order chi connectivity index (χ0) is 13.1. The summed E-state index contributed by atoms with van der Waals surface area (Å²) in [5, 5.41) is 0. The molecule has 0 spiro atoms. The number of hydrogen-bond acceptors (Lipinski definition) is 3. The van der Waals surface area contributed by atoms with E-state index in [1.807, 2.05) is 19.1 Å². The van der Waals surface area contributed by atoms with Gasteiger partial charge in [0.1, 0.15) is 11.5 Å². The second kappa shape index (κ2) is 5.61. The van der Waals surface area contributed by atoms with Crippen molar-refractivity contribution in [2.24, 2.45) is 11.7 Å². The minimum absolute atomic E-state index is 0.0120. The lowest BCUT2D eigenvalue weighted by Gasteiger charge is -2.24. The van der Waals surface area contributed by atoms with Crippen LogP contribution in [0.25, 0.3) is 0 Å². The summed E-state index contributed by atoms with van der Waals surface area (Å²) in [4.78, 5) is 0. The van der Waals surface area contributed by atoms with E-state index in [1.54, 1.807) is 14.2 Å². The average Bonchev–Trinajstić information content (AvgIpc) is 2.90. The van der Waals surface area contributed by atoms with Crippen LogP contribution in [0.1, 0.15) is 42.9 Å². The van der Waals surface area contributed by atoms with Gasteiger partial charge in [-0.1, -0.05) is 12.8 Å². The van der Waals surface area contributed by atoms with Crippen molar-refractivity contribution in [1.82, 2.24) is 0 Å². The molecule has 1 atom stereocenters. The largest absolute Gasteiger partial charge is 0.496 e. The number of rotatable bonds is 4. The summed E-state index contributed by atoms with van der Waals surface area (Å²) in [6.45, 7) is 2.04. The van der Waals surface area contributed by atoms with E-state index in [0.717, 1.165) is 22.6 Å². The fourth-order valence-electron chi connectivity index (χ4n) is 2.95. The Balaban J connectivity index is 2.39. The van der Waals surface area contributed by atoms with Gasteiger partial charge in [0, 0.05) is 6.04 Å². The molecule has 0 saturated heterocycles. The van der Waals surface area contributed by atoms with E-state index in [-0.39, 0.29) is 6.04 Å². The van der Waals surface area contributed by atoms with Crippen LogP contribution >= 0.6 is 0 Å². The van der Waals surface area contributed by atoms with Crippen LogP contribution in [-0.4, -0.2) is 14.2 Å². The van der Waals surface area contributed by atoms with Gasteiger partial charge in [-0.25, -0.2) is 0 Å². The Bertz CT molecular complexity index is 386. The van der Waals surface area contributed by atoms with Crippen molar-refractivity contribution in [3.05, 3.63) is 23.3 Å². The fourth-order valence-corrected chi connectivity index (χ4v) is 2.95. The van der Waals surface area contributed by atoms with Gasteiger partial charge in [-0.15, -0.1) is 0 Å². The smallest absolute Gasteiger partial charge is 0.127 e. The molecule has 1 aromatic rings. The highest BCUT2D eigenvalue weighted by Gasteiger charge is 2.28. The lowest BCUT2D eigenvalue weighted by Crippen LogP contribution is -2.20. The van der Waals surface area contributed by atoms with E-state index in [1.165, 1.54) is 25.7 Å². The van der Waals surface area contributed by atoms with Crippen molar-refractivity contribution in [3.63, 3.8) is 0 Å². The molecule has 3 nitrogen and oxygen atoms in total. The summed E-state index contributed by atoms with van der Waals surface area (Å²) in [7, 11) is 3.39. The zero-order valence-electron chi connectivity index (χ0n) is 11.5. The third kappa shape index (κ3) is 2.46. The number of hydrogen-bond donors (Lipinski definition) is 1. The first kappa shape index (κ1) is 13.2. The molecule has 100 valence electrons. The third-order valence-corrected chi connectivity index (χ3v) is 3.93. The summed E-state index contributed by atoms with van der Waals surface area (Å²) < 4.78 is 11.0. The lowest BCUT2D eigenvalue weighted by molar-refractivity contribution is 0.357. The topological polar surface area (TPSA) is 44.5 Å². The van der Waals surface area contributed by atoms with Gasteiger partial charge in [0.2, 0.25) is 0 Å². The Labute approximate surface area is 109 Å². The molecule has 18 heavy (non-hydrogen) atoms. The van der Waals surface area contributed by atoms with Crippen LogP contribution < -0.4 is 15.2 Å². The second-order valence-electron chi connectivity index (χ2n) is 5.15. The van der Waals surface area contributed by atoms with Crippen LogP contribution in [0, 0.1) is 12.8 Å². The van der Waals surface area contributed by atoms with E-state index in [4.69, 9.17) is 15.2 Å². The molecular formula is C15H23NO2. The number of benzene rings is 1. The maximum Gasteiger partial charge on any atom is 0.127 e. The van der Waals surface area contributed by atoms with E-state index in [2.05, 4.69) is 0 Å². The molecule has 0 radical (unpaired) electrons. The number of methoxy groups -OCH3 is 2. The Morgan fingerprint density at radius 1 is 1.11 bits per heavy atom. The summed E-state index contributed by atoms with van der Waals surface area (Å²) in [6, 6.07) is 4.08. The third-order valence-electron chi connectivity index (χ3n) is 3.93. The Morgan fingerprint density at radius 3 is 2.06 bits per heavy atom. The van der Waals surface area contributed by atoms with Crippen molar-refractivity contribution < 1.29 is 9.47 Å². The van der Waals surface area contributed by atoms with E-state index in [9.17, 15) is 0 Å². The Hall–Kier alpha value is -1.22. The van der Waals surface area contributed by atoms with E-state index < -0.39 is 0 Å². The summed E-state index contributed by atoms with van der Waals surface area (Å²) in [6.07, 6.45) is 4.99. The molecule has 0 amide bonds. The van der Waals surface area contributed by atoms with Gasteiger partial charge in [-0.2, -0.15) is 0 Å². The average molecular weight is 249 g/mol. The van der Waals surface area contributed by atoms with Crippen LogP contribution in [0.5, 0.6) is 11.5 Å². The van der Waals surface area contributed by atoms with Crippen LogP contribution in [0.2, 0.25) is 0 Å². The minimum atomic E-state index is 0.0120. The molecule has 0 aromatic heterocycles. The molecule has 0 aliphatic heterocycles. The maximum absolute atomic E-state index is 6.44. The fraction of sp³-hybridized carbons (Fsp3) is 0.600. The molecular weight excluding hydrogens is 226 g/mol. The van der Waals surface area contributed by atoms with Crippen LogP contribution in [0.4, 0.5) is 0 Å². The second-order valence-corrected chi connectivity index (χ2v) is 5.15. The Kier molecular flexibility index (Phi) is 4.12. The van der Waals surface area contributed by atoms with Crippen molar-refractivity contribution in [3.8, 4) is 11.5 Å². The normalized spacial score (nSPS) is 17.8. The monoisotopic (exact) mass is 249 g/mol. The first-order chi connectivity index (χ1) is 8.67. The predicted octanol–water partition coefficient (Wildman–Crippen LogP) is 3.20. The molecule has 1 fully saturated rings. The summed E-state index contributed by atoms with van der Waals surface area (Å²) in [5.74, 6) is 2.26. The van der Waals surface area contributed by atoms with Crippen molar-refractivity contribution >= 4 is 0 Å². The van der Waals surface area contributed by atoms with Crippen LogP contribution in [-0.2, 0) is 0 Å². The van der Waals surface area contributed by atoms with Crippen molar-refractivity contribution in [2.45, 2.75) is 38.6 Å². The first-order valence-electron chi connectivity index (χ1n) is 6.65. The molecule has 1 saturated carbocycles. The van der Waals surface area contributed by atoms with E-state index in [0.29, 0.717) is 5.92 Å². The lowest BCUT2D eigenvalue weighted by atomic mass is 9.90. The van der Waals surface area contributed by atoms with Gasteiger partial charge in [-0.05, 0) is 43.4 Å². The molecule has 1 aliphatic rings. The highest BCUT2D eigenvalue weighted by molar-refractivity contribution is 5.50. The standard InChI is InChI=1S/C15H23NO2/c1-10-8-12(17-2)14(13(9-10)18-3)15(16)11-6-4-5-7-11/h8-9,11,15H,4-7,16H2,1-3H3/t15-/m1/s1. The molecule has 1 aromatic carbocycles. The quantitative estimate of drug-likeness (QED) is 0.891. The molecule has 0 heterocycles. The SMILES string of the molecule is COc1cc(C)cc(OC)c1[C@H](N)C1CCCC1. The van der Waals surface area contributed by atoms with Crippen molar-refractivity contribution in [2.75, 3.05) is 14.2 Å². The van der Waals surface area contributed by atoms with Gasteiger partial charge in [-0.3, -0.25) is 0 Å². The highest BCUT2D eigenvalue weighted by Crippen LogP contribution is 2.42. The minimum Gasteiger partial charge on any atom is -0.496 e. The molecule has 0 unspecified atom stereocenters. The molecule has 0 bridgehead atoms. The van der Waals surface area contributed by atoms with Crippen molar-refractivity contribution in [1.29, 1.82) is 0 Å². The summed E-state index contributed by atoms with van der Waals surface area (Å²) >= 11 is 0. The first-order valence-corrected chi connectivity index (χ1v) is 6.65. The predicted molar refractivity (Wildman–Crippen MR) is 73.2 cm³/mol. The Morgan fingerprint density at radius 2 is 1.61 bits per heavy atom. The number of aryl methyl sites for hydroxylation is 1. The van der Waals surface area contributed by atoms with Gasteiger partial charge >= 0.3 is 0 Å². The maximum atomic E-state index is 6.44. The number of nitrogens with two attached hydrogens (primary N) is 1. The van der Waals surface area contributed by atoms with Crippen LogP contribution in [0.3, 0.4) is 0 Å². The van der Waals surface area contributed by atoms with Gasteiger partial charge in [0.25, 0.3) is 0 Å². The molecule has 2 N–H and O–H groups in total. The molecule has 1 aliphatic carbocycles. The van der Waals surface area contributed by atoms with Crippen LogP contribution in [0.15, 0.2) is 12.1 Å². The van der Waals surface area contributed by atoms with Gasteiger partial charge in [0.15, 0.2) is 0 Å². The van der Waals surface area contributed by atoms with Gasteiger partial charge in [0.05, 0.1) is 19.8 Å². The van der Waals surface area contributed by atoms with E-state index >= 15 is 0 Å². The molecule has 2 rings (SSSR count). The highest BCUT2D eigenvalue weighted by atomic mass is 16.5. The zero-order valence-corrected chi connectivity index (χ0v) is 11.5. The number of ether oxygens (including phenoxy) is 2.